The average Bonchev–Trinajstić information content (AvgIpc) is 2.88. The molecule has 18 heavy (non-hydrogen) atoms. The Balaban J connectivity index is 1.52. The van der Waals surface area contributed by atoms with Crippen LogP contribution in [0.5, 0.6) is 0 Å². The predicted octanol–water partition coefficient (Wildman–Crippen LogP) is 0.172. The highest BCUT2D eigenvalue weighted by Gasteiger charge is 2.34. The second kappa shape index (κ2) is 4.64. The molecule has 0 radical (unpaired) electrons. The van der Waals surface area contributed by atoms with Gasteiger partial charge in [-0.3, -0.25) is 5.10 Å². The average molecular weight is 270 g/mol. The van der Waals surface area contributed by atoms with Crippen molar-refractivity contribution in [3.8, 4) is 0 Å². The van der Waals surface area contributed by atoms with Gasteiger partial charge in [-0.1, -0.05) is 0 Å². The smallest absolute Gasteiger partial charge is 0.257 e. The summed E-state index contributed by atoms with van der Waals surface area (Å²) in [6, 6.07) is 2.24. The fourth-order valence-electron chi connectivity index (χ4n) is 2.50. The standard InChI is InChI=1S/C11H18N4O2S/c16-18(17,11-3-5-12-14-11)13-7-9-4-6-15(8-9)10-1-2-10/h3,5,9-10,13H,1-2,4,6-8H2,(H,12,14). The van der Waals surface area contributed by atoms with Crippen LogP contribution in [0.1, 0.15) is 19.3 Å². The first kappa shape index (κ1) is 12.1. The normalized spacial score (nSPS) is 25.7. The van der Waals surface area contributed by atoms with Crippen LogP contribution in [0.2, 0.25) is 0 Å². The van der Waals surface area contributed by atoms with Gasteiger partial charge in [0.15, 0.2) is 5.03 Å². The molecule has 1 aromatic heterocycles. The molecule has 2 heterocycles. The zero-order chi connectivity index (χ0) is 12.6. The Labute approximate surface area is 107 Å². The zero-order valence-corrected chi connectivity index (χ0v) is 11.0. The second-order valence-electron chi connectivity index (χ2n) is 5.15. The van der Waals surface area contributed by atoms with Gasteiger partial charge in [-0.2, -0.15) is 5.10 Å². The number of sulfonamides is 1. The van der Waals surface area contributed by atoms with Crippen molar-refractivity contribution in [1.29, 1.82) is 0 Å². The van der Waals surface area contributed by atoms with E-state index < -0.39 is 10.0 Å². The van der Waals surface area contributed by atoms with Gasteiger partial charge in [-0.05, 0) is 37.8 Å². The minimum atomic E-state index is -3.41. The number of likely N-dealkylation sites (tertiary alicyclic amines) is 1. The van der Waals surface area contributed by atoms with Crippen molar-refractivity contribution in [3.05, 3.63) is 12.3 Å². The predicted molar refractivity (Wildman–Crippen MR) is 66.5 cm³/mol. The van der Waals surface area contributed by atoms with E-state index in [9.17, 15) is 8.42 Å². The molecule has 1 aliphatic heterocycles. The molecule has 2 fully saturated rings. The molecule has 100 valence electrons. The summed E-state index contributed by atoms with van der Waals surface area (Å²) < 4.78 is 26.4. The molecule has 6 nitrogen and oxygen atoms in total. The van der Waals surface area contributed by atoms with Gasteiger partial charge >= 0.3 is 0 Å². The molecule has 0 spiro atoms. The maximum absolute atomic E-state index is 11.9. The van der Waals surface area contributed by atoms with Crippen LogP contribution in [0, 0.1) is 5.92 Å². The van der Waals surface area contributed by atoms with Crippen LogP contribution in [0.25, 0.3) is 0 Å². The molecule has 0 amide bonds. The molecule has 1 unspecified atom stereocenters. The zero-order valence-electron chi connectivity index (χ0n) is 10.2. The van der Waals surface area contributed by atoms with Crippen molar-refractivity contribution in [3.63, 3.8) is 0 Å². The Bertz CT molecular complexity index is 495. The van der Waals surface area contributed by atoms with Crippen LogP contribution >= 0.6 is 0 Å². The summed E-state index contributed by atoms with van der Waals surface area (Å²) in [5.74, 6) is 0.434. The van der Waals surface area contributed by atoms with Crippen LogP contribution < -0.4 is 4.72 Å². The molecule has 1 saturated carbocycles. The Morgan fingerprint density at radius 2 is 2.28 bits per heavy atom. The van der Waals surface area contributed by atoms with Gasteiger partial charge in [-0.15, -0.1) is 0 Å². The van der Waals surface area contributed by atoms with Crippen molar-refractivity contribution >= 4 is 10.0 Å². The van der Waals surface area contributed by atoms with Crippen molar-refractivity contribution in [2.75, 3.05) is 19.6 Å². The van der Waals surface area contributed by atoms with Gasteiger partial charge in [0, 0.05) is 19.1 Å². The molecule has 2 N–H and O–H groups in total. The SMILES string of the molecule is O=S(=O)(NCC1CCN(C2CC2)C1)c1ccn[nH]1. The summed E-state index contributed by atoms with van der Waals surface area (Å²) in [5, 5.41) is 6.28. The van der Waals surface area contributed by atoms with Crippen LogP contribution in [0.15, 0.2) is 17.3 Å². The molecule has 0 bridgehead atoms. The first-order chi connectivity index (χ1) is 8.65. The van der Waals surface area contributed by atoms with Gasteiger partial charge in [-0.25, -0.2) is 13.1 Å². The quantitative estimate of drug-likeness (QED) is 0.799. The van der Waals surface area contributed by atoms with E-state index >= 15 is 0 Å². The third-order valence-corrected chi connectivity index (χ3v) is 5.06. The third kappa shape index (κ3) is 2.57. The molecular formula is C11H18N4O2S. The summed E-state index contributed by atoms with van der Waals surface area (Å²) in [5.41, 5.74) is 0. The third-order valence-electron chi connectivity index (χ3n) is 3.71. The number of rotatable bonds is 5. The summed E-state index contributed by atoms with van der Waals surface area (Å²) in [4.78, 5) is 2.48. The number of H-pyrrole nitrogens is 1. The van der Waals surface area contributed by atoms with Crippen LogP contribution in [-0.4, -0.2) is 49.2 Å². The maximum Gasteiger partial charge on any atom is 0.257 e. The molecule has 0 aromatic carbocycles. The summed E-state index contributed by atoms with van der Waals surface area (Å²) in [6.45, 7) is 2.65. The number of aromatic amines is 1. The fraction of sp³-hybridized carbons (Fsp3) is 0.727. The van der Waals surface area contributed by atoms with Crippen LogP contribution in [0.4, 0.5) is 0 Å². The number of nitrogens with one attached hydrogen (secondary N) is 2. The van der Waals surface area contributed by atoms with Crippen molar-refractivity contribution in [1.82, 2.24) is 19.8 Å². The molecule has 1 aliphatic carbocycles. The number of hydrogen-bond acceptors (Lipinski definition) is 4. The topological polar surface area (TPSA) is 78.1 Å². The van der Waals surface area contributed by atoms with Gasteiger partial charge in [0.25, 0.3) is 10.0 Å². The van der Waals surface area contributed by atoms with Crippen molar-refractivity contribution < 1.29 is 8.42 Å². The van der Waals surface area contributed by atoms with E-state index in [2.05, 4.69) is 19.8 Å². The number of hydrogen-bond donors (Lipinski definition) is 2. The number of nitrogens with zero attached hydrogens (tertiary/aromatic N) is 2. The Kier molecular flexibility index (Phi) is 3.13. The lowest BCUT2D eigenvalue weighted by Gasteiger charge is -2.14. The van der Waals surface area contributed by atoms with E-state index in [0.717, 1.165) is 25.6 Å². The highest BCUT2D eigenvalue weighted by atomic mass is 32.2. The first-order valence-electron chi connectivity index (χ1n) is 6.38. The monoisotopic (exact) mass is 270 g/mol. The minimum Gasteiger partial charge on any atom is -0.300 e. The van der Waals surface area contributed by atoms with E-state index in [1.54, 1.807) is 0 Å². The molecule has 1 saturated heterocycles. The molecule has 1 aromatic rings. The van der Waals surface area contributed by atoms with E-state index in [4.69, 9.17) is 0 Å². The Morgan fingerprint density at radius 1 is 1.44 bits per heavy atom. The fourth-order valence-corrected chi connectivity index (χ4v) is 3.52. The highest BCUT2D eigenvalue weighted by molar-refractivity contribution is 7.89. The van der Waals surface area contributed by atoms with Gasteiger partial charge in [0.05, 0.1) is 6.20 Å². The molecule has 3 rings (SSSR count). The first-order valence-corrected chi connectivity index (χ1v) is 7.86. The summed E-state index contributed by atoms with van der Waals surface area (Å²) in [7, 11) is -3.41. The Hall–Kier alpha value is -0.920. The van der Waals surface area contributed by atoms with Crippen molar-refractivity contribution in [2.24, 2.45) is 5.92 Å². The highest BCUT2D eigenvalue weighted by Crippen LogP contribution is 2.31. The minimum absolute atomic E-state index is 0.138. The lowest BCUT2D eigenvalue weighted by molar-refractivity contribution is 0.314. The number of aromatic nitrogens is 2. The largest absolute Gasteiger partial charge is 0.300 e. The van der Waals surface area contributed by atoms with Gasteiger partial charge < -0.3 is 4.90 Å². The molecule has 2 aliphatic rings. The summed E-state index contributed by atoms with van der Waals surface area (Å²) >= 11 is 0. The van der Waals surface area contributed by atoms with Crippen LogP contribution in [0.3, 0.4) is 0 Å². The molecule has 1 atom stereocenters. The Morgan fingerprint density at radius 3 is 2.94 bits per heavy atom. The lowest BCUT2D eigenvalue weighted by Crippen LogP contribution is -2.31. The van der Waals surface area contributed by atoms with Crippen LogP contribution in [-0.2, 0) is 10.0 Å². The maximum atomic E-state index is 11.9. The molecule has 7 heteroatoms. The van der Waals surface area contributed by atoms with E-state index in [1.165, 1.54) is 25.1 Å². The second-order valence-corrected chi connectivity index (χ2v) is 6.89. The van der Waals surface area contributed by atoms with E-state index in [0.29, 0.717) is 12.5 Å². The summed E-state index contributed by atoms with van der Waals surface area (Å²) in [6.07, 6.45) is 5.15. The lowest BCUT2D eigenvalue weighted by atomic mass is 10.1. The van der Waals surface area contributed by atoms with Gasteiger partial charge in [0.1, 0.15) is 0 Å². The molecular weight excluding hydrogens is 252 g/mol. The van der Waals surface area contributed by atoms with E-state index in [1.807, 2.05) is 0 Å². The van der Waals surface area contributed by atoms with E-state index in [-0.39, 0.29) is 5.03 Å². The van der Waals surface area contributed by atoms with Gasteiger partial charge in [0.2, 0.25) is 0 Å². The van der Waals surface area contributed by atoms with Crippen molar-refractivity contribution in [2.45, 2.75) is 30.3 Å².